The Balaban J connectivity index is 0.922. The zero-order chi connectivity index (χ0) is 49.8. The van der Waals surface area contributed by atoms with Crippen molar-refractivity contribution in [3.8, 4) is 69.0 Å². The van der Waals surface area contributed by atoms with Crippen LogP contribution in [-0.2, 0) is 21.7 Å². The van der Waals surface area contributed by atoms with E-state index in [0.29, 0.717) is 119 Å². The summed E-state index contributed by atoms with van der Waals surface area (Å²) in [5.41, 5.74) is 4.90. The highest BCUT2D eigenvalue weighted by Crippen LogP contribution is 2.69. The van der Waals surface area contributed by atoms with E-state index < -0.39 is 0 Å². The van der Waals surface area contributed by atoms with Crippen molar-refractivity contribution in [2.75, 3.05) is 83.3 Å². The molecule has 4 aromatic carbocycles. The molecule has 72 heavy (non-hydrogen) atoms. The maximum atomic E-state index is 6.55. The van der Waals surface area contributed by atoms with Gasteiger partial charge in [0.15, 0.2) is 46.0 Å². The quantitative estimate of drug-likeness (QED) is 0.168. The van der Waals surface area contributed by atoms with Crippen LogP contribution in [0.25, 0.3) is 0 Å². The van der Waals surface area contributed by atoms with Gasteiger partial charge in [0.2, 0.25) is 23.0 Å². The second-order valence-electron chi connectivity index (χ2n) is 22.7. The number of hydrogen-bond donors (Lipinski definition) is 0. The van der Waals surface area contributed by atoms with Gasteiger partial charge in [-0.3, -0.25) is 0 Å². The summed E-state index contributed by atoms with van der Waals surface area (Å²) >= 11 is 0. The van der Waals surface area contributed by atoms with E-state index in [1.54, 1.807) is 56.9 Å². The van der Waals surface area contributed by atoms with Crippen molar-refractivity contribution in [3.63, 3.8) is 0 Å². The van der Waals surface area contributed by atoms with Gasteiger partial charge in [0, 0.05) is 0 Å². The van der Waals surface area contributed by atoms with Crippen molar-refractivity contribution in [1.29, 1.82) is 0 Å². The Bertz CT molecular complexity index is 2160. The molecule has 4 spiro atoms. The molecule has 10 aliphatic heterocycles. The van der Waals surface area contributed by atoms with Crippen LogP contribution in [-0.4, -0.2) is 83.3 Å². The van der Waals surface area contributed by atoms with Crippen molar-refractivity contribution in [3.05, 3.63) is 70.8 Å². The van der Waals surface area contributed by atoms with Crippen LogP contribution >= 0.6 is 0 Å². The maximum absolute atomic E-state index is 6.55. The Kier molecular flexibility index (Phi) is 13.1. The number of hydrogen-bond acceptors (Lipinski definition) is 12. The van der Waals surface area contributed by atoms with E-state index in [-0.39, 0.29) is 21.7 Å². The minimum Gasteiger partial charge on any atom is -0.493 e. The molecule has 8 saturated carbocycles. The Morgan fingerprint density at radius 2 is 0.486 bits per heavy atom. The highest BCUT2D eigenvalue weighted by atomic mass is 16.6. The smallest absolute Gasteiger partial charge is 0.203 e. The van der Waals surface area contributed by atoms with E-state index in [1.165, 1.54) is 35.1 Å². The Labute approximate surface area is 426 Å². The fourth-order valence-electron chi connectivity index (χ4n) is 16.3. The third kappa shape index (κ3) is 8.34. The predicted octanol–water partition coefficient (Wildman–Crippen LogP) is 12.1. The molecule has 388 valence electrons. The van der Waals surface area contributed by atoms with Crippen molar-refractivity contribution >= 4 is 0 Å². The van der Waals surface area contributed by atoms with Gasteiger partial charge in [-0.2, -0.15) is 0 Å². The fourth-order valence-corrected chi connectivity index (χ4v) is 16.3. The number of ether oxygens (including phenoxy) is 12. The predicted molar refractivity (Wildman–Crippen MR) is 275 cm³/mol. The molecule has 10 heterocycles. The molecule has 0 atom stereocenters. The number of rotatable bonds is 8. The minimum atomic E-state index is -0.0387. The lowest BCUT2D eigenvalue weighted by atomic mass is 9.41. The van der Waals surface area contributed by atoms with Crippen molar-refractivity contribution < 1.29 is 56.8 Å². The van der Waals surface area contributed by atoms with E-state index >= 15 is 0 Å². The van der Waals surface area contributed by atoms with Crippen LogP contribution in [0.5, 0.6) is 69.0 Å². The van der Waals surface area contributed by atoms with Crippen LogP contribution in [0.3, 0.4) is 0 Å². The normalized spacial score (nSPS) is 30.3. The van der Waals surface area contributed by atoms with Crippen LogP contribution in [0.1, 0.15) is 125 Å². The largest absolute Gasteiger partial charge is 0.493 e. The monoisotopic (exact) mass is 989 g/mol. The first-order valence-corrected chi connectivity index (χ1v) is 26.6. The third-order valence-corrected chi connectivity index (χ3v) is 18.5. The first-order chi connectivity index (χ1) is 35.1. The van der Waals surface area contributed by atoms with Gasteiger partial charge in [0.25, 0.3) is 0 Å². The molecule has 12 nitrogen and oxygen atoms in total. The molecule has 0 amide bonds. The summed E-state index contributed by atoms with van der Waals surface area (Å²) < 4.78 is 75.2. The van der Waals surface area contributed by atoms with E-state index in [4.69, 9.17) is 56.8 Å². The lowest BCUT2D eigenvalue weighted by Crippen LogP contribution is -2.56. The average Bonchev–Trinajstić information content (AvgIpc) is 3.38. The van der Waals surface area contributed by atoms with Gasteiger partial charge in [-0.15, -0.1) is 0 Å². The van der Waals surface area contributed by atoms with Crippen LogP contribution in [0.2, 0.25) is 0 Å². The summed E-state index contributed by atoms with van der Waals surface area (Å²) in [5, 5.41) is 0. The van der Waals surface area contributed by atoms with Gasteiger partial charge in [-0.05, 0) is 219 Å². The fraction of sp³-hybridized carbons (Fsp3) is 0.600. The zero-order valence-corrected chi connectivity index (χ0v) is 44.0. The van der Waals surface area contributed by atoms with E-state index in [1.807, 2.05) is 0 Å². The molecule has 12 heteroatoms. The van der Waals surface area contributed by atoms with Gasteiger partial charge in [0.1, 0.15) is 0 Å². The molecule has 22 rings (SSSR count). The van der Waals surface area contributed by atoms with Crippen LogP contribution in [0, 0.1) is 23.7 Å². The topological polar surface area (TPSA) is 111 Å². The lowest BCUT2D eigenvalue weighted by Gasteiger charge is -2.63. The molecule has 0 saturated heterocycles. The van der Waals surface area contributed by atoms with Crippen LogP contribution < -0.4 is 56.8 Å². The molecule has 0 radical (unpaired) electrons. The summed E-state index contributed by atoms with van der Waals surface area (Å²) in [5.74, 6) is 10.6. The van der Waals surface area contributed by atoms with Gasteiger partial charge < -0.3 is 56.8 Å². The van der Waals surface area contributed by atoms with Crippen molar-refractivity contribution in [1.82, 2.24) is 0 Å². The molecule has 4 aromatic rings. The summed E-state index contributed by atoms with van der Waals surface area (Å²) in [6.07, 6.45) is 16.8. The van der Waals surface area contributed by atoms with E-state index in [2.05, 4.69) is 48.5 Å². The summed E-state index contributed by atoms with van der Waals surface area (Å²) in [6, 6.07) is 17.8. The minimum absolute atomic E-state index is 0.0387. The van der Waals surface area contributed by atoms with Crippen LogP contribution in [0.15, 0.2) is 48.5 Å². The van der Waals surface area contributed by atoms with Gasteiger partial charge in [-0.1, -0.05) is 0 Å². The Morgan fingerprint density at radius 1 is 0.306 bits per heavy atom. The molecule has 8 fully saturated rings. The van der Waals surface area contributed by atoms with Gasteiger partial charge in [-0.25, -0.2) is 0 Å². The van der Waals surface area contributed by atoms with Gasteiger partial charge in [0.05, 0.1) is 83.3 Å². The van der Waals surface area contributed by atoms with Crippen LogP contribution in [0.4, 0.5) is 0 Å². The van der Waals surface area contributed by atoms with E-state index in [0.717, 1.165) is 89.9 Å². The molecule has 16 bridgehead atoms. The second kappa shape index (κ2) is 19.4. The van der Waals surface area contributed by atoms with Crippen molar-refractivity contribution in [2.24, 2.45) is 23.7 Å². The SMILES string of the molecule is COc1cc2cc(OC)c1OCCCCOc1c(OC)cc(cc1OC)C13CC4CC(C1)CC(C4)(C3)c1cc(OC)c(c(OC)c1)OCCCCOc1c(OC)cc(cc1OC)C13CC4CC(CC2(C4)C1)C3. The average molecular weight is 989 g/mol. The first-order valence-electron chi connectivity index (χ1n) is 26.6. The number of benzene rings is 4. The molecule has 0 aromatic heterocycles. The summed E-state index contributed by atoms with van der Waals surface area (Å²) in [4.78, 5) is 0. The highest BCUT2D eigenvalue weighted by Gasteiger charge is 2.61. The third-order valence-electron chi connectivity index (χ3n) is 18.5. The zero-order valence-electron chi connectivity index (χ0n) is 44.0. The molecular formula is C60H76O12. The molecule has 18 aliphatic rings. The lowest BCUT2D eigenvalue weighted by molar-refractivity contribution is -0.0286. The summed E-state index contributed by atoms with van der Waals surface area (Å²) in [7, 11) is 13.8. The van der Waals surface area contributed by atoms with Crippen molar-refractivity contribution in [2.45, 2.75) is 124 Å². The Hall–Kier alpha value is -5.52. The molecule has 0 unspecified atom stereocenters. The van der Waals surface area contributed by atoms with Gasteiger partial charge >= 0.3 is 0 Å². The first kappa shape index (κ1) is 48.7. The number of methoxy groups -OCH3 is 8. The summed E-state index contributed by atoms with van der Waals surface area (Å²) in [6.45, 7) is 1.91. The molecule has 0 N–H and O–H groups in total. The van der Waals surface area contributed by atoms with E-state index in [9.17, 15) is 0 Å². The maximum Gasteiger partial charge on any atom is 0.203 e. The Morgan fingerprint density at radius 3 is 0.653 bits per heavy atom. The molecule has 8 aliphatic carbocycles. The molecular weight excluding hydrogens is 913 g/mol. The standard InChI is InChI=1S/C60H76O12/c1-61-45-19-41-20-46(62-2)53(45)69-13-9-10-14-70-54-49(65-5)23-43(24-50(54)66-6)59-31-39-18-40(32-59)34-60(33-39,36-59)44-25-51(67-7)56(52(26-44)68-8)72-16-12-11-15-71-55-47(63-3)21-42(22-48(55)64-4)58-29-37-17-38(30-58)28-57(41,27-37)35-58/h19-26,37-40H,9-18,27-36H2,1-8H3. The second-order valence-corrected chi connectivity index (χ2v) is 22.7. The highest BCUT2D eigenvalue weighted by molar-refractivity contribution is 5.60.